The lowest BCUT2D eigenvalue weighted by molar-refractivity contribution is -0.128. The Hall–Kier alpha value is -3.02. The van der Waals surface area contributed by atoms with Crippen LogP contribution in [0.3, 0.4) is 0 Å². The van der Waals surface area contributed by atoms with Gasteiger partial charge in [-0.05, 0) is 29.8 Å². The van der Waals surface area contributed by atoms with Crippen LogP contribution in [0.25, 0.3) is 0 Å². The van der Waals surface area contributed by atoms with Crippen molar-refractivity contribution in [3.05, 3.63) is 60.2 Å². The molecule has 1 saturated heterocycles. The van der Waals surface area contributed by atoms with Crippen LogP contribution in [0.2, 0.25) is 0 Å². The topological polar surface area (TPSA) is 70.7 Å². The van der Waals surface area contributed by atoms with Crippen molar-refractivity contribution in [2.75, 3.05) is 19.0 Å². The van der Waals surface area contributed by atoms with Gasteiger partial charge < -0.3 is 20.3 Å². The van der Waals surface area contributed by atoms with Gasteiger partial charge in [0.1, 0.15) is 5.75 Å². The van der Waals surface area contributed by atoms with Gasteiger partial charge in [-0.2, -0.15) is 0 Å². The number of hydrogen-bond donors (Lipinski definition) is 2. The van der Waals surface area contributed by atoms with Crippen LogP contribution in [0.4, 0.5) is 10.5 Å². The monoisotopic (exact) mass is 339 g/mol. The normalized spacial score (nSPS) is 16.6. The van der Waals surface area contributed by atoms with Gasteiger partial charge >= 0.3 is 6.03 Å². The molecule has 0 saturated carbocycles. The Balaban J connectivity index is 1.51. The standard InChI is InChI=1S/C19H21N3O3/c1-25-17-9-7-15(8-10-17)20-19(24)21-16-11-18(23)22(13-16)12-14-5-3-2-4-6-14/h2-10,16H,11-13H2,1H3,(H2,20,21,24). The molecule has 1 aliphatic rings. The van der Waals surface area contributed by atoms with Crippen molar-refractivity contribution in [2.24, 2.45) is 0 Å². The third kappa shape index (κ3) is 4.50. The molecule has 2 aromatic carbocycles. The molecule has 0 radical (unpaired) electrons. The Kier molecular flexibility index (Phi) is 5.18. The summed E-state index contributed by atoms with van der Waals surface area (Å²) in [4.78, 5) is 26.0. The summed E-state index contributed by atoms with van der Waals surface area (Å²) in [5, 5.41) is 5.62. The van der Waals surface area contributed by atoms with Crippen molar-refractivity contribution in [3.63, 3.8) is 0 Å². The zero-order valence-corrected chi connectivity index (χ0v) is 14.1. The molecule has 1 fully saturated rings. The van der Waals surface area contributed by atoms with Crippen LogP contribution < -0.4 is 15.4 Å². The summed E-state index contributed by atoms with van der Waals surface area (Å²) >= 11 is 0. The lowest BCUT2D eigenvalue weighted by Crippen LogP contribution is -2.39. The minimum Gasteiger partial charge on any atom is -0.497 e. The number of ether oxygens (including phenoxy) is 1. The van der Waals surface area contributed by atoms with E-state index in [1.807, 2.05) is 30.3 Å². The quantitative estimate of drug-likeness (QED) is 0.880. The van der Waals surface area contributed by atoms with Crippen LogP contribution in [0, 0.1) is 0 Å². The summed E-state index contributed by atoms with van der Waals surface area (Å²) in [6, 6.07) is 16.4. The molecule has 6 nitrogen and oxygen atoms in total. The summed E-state index contributed by atoms with van der Waals surface area (Å²) in [7, 11) is 1.59. The molecular formula is C19H21N3O3. The second-order valence-electron chi connectivity index (χ2n) is 5.99. The van der Waals surface area contributed by atoms with Crippen LogP contribution >= 0.6 is 0 Å². The number of anilines is 1. The fraction of sp³-hybridized carbons (Fsp3) is 0.263. The van der Waals surface area contributed by atoms with Crippen LogP contribution in [0.5, 0.6) is 5.75 Å². The highest BCUT2D eigenvalue weighted by atomic mass is 16.5. The lowest BCUT2D eigenvalue weighted by atomic mass is 10.2. The molecule has 0 aromatic heterocycles. The number of carbonyl (C=O) groups is 2. The molecule has 2 N–H and O–H groups in total. The zero-order valence-electron chi connectivity index (χ0n) is 14.1. The first-order chi connectivity index (χ1) is 12.1. The largest absolute Gasteiger partial charge is 0.497 e. The molecule has 0 aliphatic carbocycles. The highest BCUT2D eigenvalue weighted by Gasteiger charge is 2.30. The van der Waals surface area contributed by atoms with Crippen molar-refractivity contribution < 1.29 is 14.3 Å². The van der Waals surface area contributed by atoms with Crippen LogP contribution in [0.15, 0.2) is 54.6 Å². The average molecular weight is 339 g/mol. The molecule has 1 aliphatic heterocycles. The first-order valence-corrected chi connectivity index (χ1v) is 8.17. The Labute approximate surface area is 146 Å². The van der Waals surface area contributed by atoms with E-state index in [1.54, 1.807) is 36.3 Å². The maximum absolute atomic E-state index is 12.1. The summed E-state index contributed by atoms with van der Waals surface area (Å²) in [6.07, 6.45) is 0.322. The molecule has 2 aromatic rings. The Morgan fingerprint density at radius 1 is 1.16 bits per heavy atom. The van der Waals surface area contributed by atoms with E-state index >= 15 is 0 Å². The third-order valence-electron chi connectivity index (χ3n) is 4.11. The van der Waals surface area contributed by atoms with E-state index in [1.165, 1.54) is 0 Å². The number of amides is 3. The Bertz CT molecular complexity index is 731. The van der Waals surface area contributed by atoms with Crippen LogP contribution in [0.1, 0.15) is 12.0 Å². The number of nitrogens with one attached hydrogen (secondary N) is 2. The molecule has 25 heavy (non-hydrogen) atoms. The van der Waals surface area contributed by atoms with Crippen LogP contribution in [-0.4, -0.2) is 36.5 Å². The van der Waals surface area contributed by atoms with Crippen molar-refractivity contribution in [1.82, 2.24) is 10.2 Å². The first kappa shape index (κ1) is 16.8. The summed E-state index contributed by atoms with van der Waals surface area (Å²) < 4.78 is 5.08. The predicted octanol–water partition coefficient (Wildman–Crippen LogP) is 2.62. The minimum absolute atomic E-state index is 0.0543. The second-order valence-corrected chi connectivity index (χ2v) is 5.99. The van der Waals surface area contributed by atoms with Crippen molar-refractivity contribution in [2.45, 2.75) is 19.0 Å². The molecular weight excluding hydrogens is 318 g/mol. The number of nitrogens with zero attached hydrogens (tertiary/aromatic N) is 1. The molecule has 1 unspecified atom stereocenters. The summed E-state index contributed by atoms with van der Waals surface area (Å²) in [6.45, 7) is 1.09. The van der Waals surface area contributed by atoms with E-state index in [0.717, 1.165) is 11.3 Å². The Morgan fingerprint density at radius 2 is 1.88 bits per heavy atom. The van der Waals surface area contributed by atoms with Gasteiger partial charge in [0.15, 0.2) is 0 Å². The van der Waals surface area contributed by atoms with E-state index < -0.39 is 0 Å². The summed E-state index contributed by atoms with van der Waals surface area (Å²) in [5.74, 6) is 0.780. The lowest BCUT2D eigenvalue weighted by Gasteiger charge is -2.17. The predicted molar refractivity (Wildman–Crippen MR) is 95.4 cm³/mol. The van der Waals surface area contributed by atoms with Gasteiger partial charge in [0.2, 0.25) is 5.91 Å². The number of carbonyl (C=O) groups excluding carboxylic acids is 2. The Morgan fingerprint density at radius 3 is 2.56 bits per heavy atom. The van der Waals surface area contributed by atoms with E-state index in [9.17, 15) is 9.59 Å². The van der Waals surface area contributed by atoms with Gasteiger partial charge in [-0.3, -0.25) is 4.79 Å². The average Bonchev–Trinajstić information content (AvgIpc) is 2.95. The number of urea groups is 1. The highest BCUT2D eigenvalue weighted by Crippen LogP contribution is 2.17. The minimum atomic E-state index is -0.315. The molecule has 1 atom stereocenters. The molecule has 6 heteroatoms. The smallest absolute Gasteiger partial charge is 0.319 e. The molecule has 3 amide bonds. The van der Waals surface area contributed by atoms with E-state index in [2.05, 4.69) is 10.6 Å². The molecule has 0 bridgehead atoms. The molecule has 0 spiro atoms. The maximum atomic E-state index is 12.1. The van der Waals surface area contributed by atoms with Gasteiger partial charge in [-0.1, -0.05) is 30.3 Å². The fourth-order valence-corrected chi connectivity index (χ4v) is 2.85. The number of methoxy groups -OCH3 is 1. The van der Waals surface area contributed by atoms with Crippen molar-refractivity contribution in [3.8, 4) is 5.75 Å². The SMILES string of the molecule is COc1ccc(NC(=O)NC2CC(=O)N(Cc3ccccc3)C2)cc1. The van der Waals surface area contributed by atoms with E-state index in [4.69, 9.17) is 4.74 Å². The maximum Gasteiger partial charge on any atom is 0.319 e. The molecule has 130 valence electrons. The van der Waals surface area contributed by atoms with Gasteiger partial charge in [-0.15, -0.1) is 0 Å². The van der Waals surface area contributed by atoms with Gasteiger partial charge in [-0.25, -0.2) is 4.79 Å². The third-order valence-corrected chi connectivity index (χ3v) is 4.11. The van der Waals surface area contributed by atoms with Crippen molar-refractivity contribution in [1.29, 1.82) is 0 Å². The number of benzene rings is 2. The first-order valence-electron chi connectivity index (χ1n) is 8.17. The number of rotatable bonds is 5. The zero-order chi connectivity index (χ0) is 17.6. The summed E-state index contributed by atoms with van der Waals surface area (Å²) in [5.41, 5.74) is 1.75. The van der Waals surface area contributed by atoms with E-state index in [-0.39, 0.29) is 18.0 Å². The van der Waals surface area contributed by atoms with Crippen molar-refractivity contribution >= 4 is 17.6 Å². The van der Waals surface area contributed by atoms with Crippen LogP contribution in [-0.2, 0) is 11.3 Å². The molecule has 1 heterocycles. The molecule has 3 rings (SSSR count). The number of hydrogen-bond acceptors (Lipinski definition) is 3. The fourth-order valence-electron chi connectivity index (χ4n) is 2.85. The second kappa shape index (κ2) is 7.70. The highest BCUT2D eigenvalue weighted by molar-refractivity contribution is 5.90. The van der Waals surface area contributed by atoms with Gasteiger partial charge in [0, 0.05) is 25.2 Å². The van der Waals surface area contributed by atoms with Gasteiger partial charge in [0.05, 0.1) is 13.2 Å². The van der Waals surface area contributed by atoms with Gasteiger partial charge in [0.25, 0.3) is 0 Å². The number of likely N-dealkylation sites (tertiary alicyclic amines) is 1. The van der Waals surface area contributed by atoms with E-state index in [0.29, 0.717) is 25.2 Å².